The van der Waals surface area contributed by atoms with Gasteiger partial charge in [0, 0.05) is 26.1 Å². The summed E-state index contributed by atoms with van der Waals surface area (Å²) in [5.74, 6) is -0.260. The summed E-state index contributed by atoms with van der Waals surface area (Å²) in [5, 5.41) is 12.2. The van der Waals surface area contributed by atoms with E-state index in [1.165, 1.54) is 25.7 Å². The topological polar surface area (TPSA) is 88.1 Å². The van der Waals surface area contributed by atoms with Crippen LogP contribution in [0.5, 0.6) is 5.75 Å². The smallest absolute Gasteiger partial charge is 0.333 e. The minimum atomic E-state index is -0.959. The number of aliphatic carboxylic acids is 1. The predicted molar refractivity (Wildman–Crippen MR) is 127 cm³/mol. The number of ether oxygens (including phenoxy) is 2. The highest BCUT2D eigenvalue weighted by atomic mass is 16.5. The van der Waals surface area contributed by atoms with Crippen molar-refractivity contribution in [3.05, 3.63) is 29.8 Å². The zero-order chi connectivity index (χ0) is 23.6. The molecule has 182 valence electrons. The Morgan fingerprint density at radius 2 is 1.66 bits per heavy atom. The Labute approximate surface area is 193 Å². The van der Waals surface area contributed by atoms with Crippen LogP contribution in [-0.2, 0) is 16.0 Å². The van der Waals surface area contributed by atoms with E-state index in [0.717, 1.165) is 31.4 Å². The van der Waals surface area contributed by atoms with Gasteiger partial charge in [-0.2, -0.15) is 0 Å². The van der Waals surface area contributed by atoms with Gasteiger partial charge in [0.25, 0.3) is 0 Å². The maximum absolute atomic E-state index is 12.5. The highest BCUT2D eigenvalue weighted by Gasteiger charge is 2.18. The van der Waals surface area contributed by atoms with Crippen LogP contribution < -0.4 is 10.1 Å². The molecular weight excluding hydrogens is 408 g/mol. The third-order valence-electron chi connectivity index (χ3n) is 5.21. The summed E-state index contributed by atoms with van der Waals surface area (Å²) in [4.78, 5) is 25.5. The second kappa shape index (κ2) is 17.3. The van der Waals surface area contributed by atoms with Crippen molar-refractivity contribution in [2.75, 3.05) is 32.8 Å². The van der Waals surface area contributed by atoms with E-state index in [9.17, 15) is 14.7 Å². The minimum absolute atomic E-state index is 0.0324. The van der Waals surface area contributed by atoms with Gasteiger partial charge in [-0.1, -0.05) is 58.1 Å². The molecule has 2 amide bonds. The number of nitrogens with one attached hydrogen (secondary N) is 1. The summed E-state index contributed by atoms with van der Waals surface area (Å²) < 4.78 is 11.1. The third kappa shape index (κ3) is 11.9. The van der Waals surface area contributed by atoms with Crippen LogP contribution in [0.15, 0.2) is 24.3 Å². The summed E-state index contributed by atoms with van der Waals surface area (Å²) >= 11 is 0. The molecule has 1 atom stereocenters. The van der Waals surface area contributed by atoms with Crippen molar-refractivity contribution in [3.63, 3.8) is 0 Å². The predicted octanol–water partition coefficient (Wildman–Crippen LogP) is 4.88. The number of carbonyl (C=O) groups excluding carboxylic acids is 1. The Morgan fingerprint density at radius 1 is 0.969 bits per heavy atom. The van der Waals surface area contributed by atoms with Gasteiger partial charge in [0.05, 0.1) is 6.54 Å². The molecule has 0 spiro atoms. The third-order valence-corrected chi connectivity index (χ3v) is 5.21. The van der Waals surface area contributed by atoms with Gasteiger partial charge in [0.15, 0.2) is 6.10 Å². The number of hydrogen-bond donors (Lipinski definition) is 2. The molecule has 0 aromatic heterocycles. The van der Waals surface area contributed by atoms with Crippen LogP contribution in [-0.4, -0.2) is 61.0 Å². The van der Waals surface area contributed by atoms with Gasteiger partial charge < -0.3 is 24.8 Å². The lowest BCUT2D eigenvalue weighted by Crippen LogP contribution is -2.42. The van der Waals surface area contributed by atoms with Gasteiger partial charge in [-0.25, -0.2) is 9.59 Å². The van der Waals surface area contributed by atoms with Gasteiger partial charge in [-0.15, -0.1) is 0 Å². The number of rotatable bonds is 18. The van der Waals surface area contributed by atoms with Crippen molar-refractivity contribution in [2.24, 2.45) is 0 Å². The van der Waals surface area contributed by atoms with Gasteiger partial charge in [-0.3, -0.25) is 0 Å². The Morgan fingerprint density at radius 3 is 2.28 bits per heavy atom. The van der Waals surface area contributed by atoms with E-state index >= 15 is 0 Å². The highest BCUT2D eigenvalue weighted by Crippen LogP contribution is 2.15. The zero-order valence-corrected chi connectivity index (χ0v) is 20.1. The maximum Gasteiger partial charge on any atom is 0.333 e. The van der Waals surface area contributed by atoms with Crippen LogP contribution in [0.4, 0.5) is 4.79 Å². The van der Waals surface area contributed by atoms with Crippen molar-refractivity contribution < 1.29 is 24.2 Å². The van der Waals surface area contributed by atoms with E-state index in [0.29, 0.717) is 38.5 Å². The van der Waals surface area contributed by atoms with E-state index in [-0.39, 0.29) is 6.03 Å². The summed E-state index contributed by atoms with van der Waals surface area (Å²) in [7, 11) is 0. The van der Waals surface area contributed by atoms with Crippen molar-refractivity contribution in [1.29, 1.82) is 0 Å². The summed E-state index contributed by atoms with van der Waals surface area (Å²) in [6, 6.07) is 7.33. The molecule has 1 aromatic rings. The van der Waals surface area contributed by atoms with E-state index < -0.39 is 12.1 Å². The molecule has 7 nitrogen and oxygen atoms in total. The molecule has 32 heavy (non-hydrogen) atoms. The zero-order valence-electron chi connectivity index (χ0n) is 20.1. The first-order valence-corrected chi connectivity index (χ1v) is 12.1. The first kappa shape index (κ1) is 27.8. The molecule has 0 aliphatic heterocycles. The minimum Gasteiger partial charge on any atom is -0.492 e. The molecule has 2 N–H and O–H groups in total. The molecule has 0 fully saturated rings. The average Bonchev–Trinajstić information content (AvgIpc) is 2.79. The second-order valence-electron chi connectivity index (χ2n) is 7.97. The fraction of sp³-hybridized carbons (Fsp3) is 0.680. The molecule has 7 heteroatoms. The number of carbonyl (C=O) groups is 2. The first-order valence-electron chi connectivity index (χ1n) is 12.1. The second-order valence-corrected chi connectivity index (χ2v) is 7.97. The number of urea groups is 1. The van der Waals surface area contributed by atoms with Gasteiger partial charge in [-0.05, 0) is 37.5 Å². The lowest BCUT2D eigenvalue weighted by Gasteiger charge is -2.23. The quantitative estimate of drug-likeness (QED) is 0.311. The monoisotopic (exact) mass is 450 g/mol. The van der Waals surface area contributed by atoms with Crippen LogP contribution in [0.1, 0.15) is 71.3 Å². The number of unbranched alkanes of at least 4 members (excludes halogenated alkanes) is 5. The first-order chi connectivity index (χ1) is 15.5. The molecular formula is C25H42N2O5. The van der Waals surface area contributed by atoms with E-state index in [1.807, 2.05) is 36.1 Å². The lowest BCUT2D eigenvalue weighted by molar-refractivity contribution is -0.149. The molecule has 0 aliphatic rings. The highest BCUT2D eigenvalue weighted by molar-refractivity contribution is 5.74. The maximum atomic E-state index is 12.5. The largest absolute Gasteiger partial charge is 0.492 e. The van der Waals surface area contributed by atoms with E-state index in [4.69, 9.17) is 9.47 Å². The molecule has 0 saturated carbocycles. The standard InChI is InChI=1S/C25H42N2O5/c1-4-7-8-9-10-11-17-27(25(30)26-16-5-2)18-19-32-22-14-12-21(13-15-22)20-23(24(28)29)31-6-3/h12-15,23H,4-11,16-20H2,1-3H3,(H,26,30)(H,28,29). The van der Waals surface area contributed by atoms with Crippen molar-refractivity contribution in [3.8, 4) is 5.75 Å². The van der Waals surface area contributed by atoms with E-state index in [1.54, 1.807) is 6.92 Å². The van der Waals surface area contributed by atoms with Crippen molar-refractivity contribution in [2.45, 2.75) is 78.2 Å². The molecule has 1 aromatic carbocycles. The number of carboxylic acid groups (broad SMARTS) is 1. The molecule has 1 rings (SSSR count). The van der Waals surface area contributed by atoms with Gasteiger partial charge >= 0.3 is 12.0 Å². The average molecular weight is 451 g/mol. The number of hydrogen-bond acceptors (Lipinski definition) is 4. The van der Waals surface area contributed by atoms with E-state index in [2.05, 4.69) is 12.2 Å². The molecule has 0 radical (unpaired) electrons. The number of benzene rings is 1. The number of amides is 2. The SMILES string of the molecule is CCCCCCCCN(CCOc1ccc(CC(OCC)C(=O)O)cc1)C(=O)NCCC. The Hall–Kier alpha value is -2.28. The summed E-state index contributed by atoms with van der Waals surface area (Å²) in [6.07, 6.45) is 7.50. The molecule has 0 heterocycles. The summed E-state index contributed by atoms with van der Waals surface area (Å²) in [6.45, 7) is 8.73. The van der Waals surface area contributed by atoms with Crippen molar-refractivity contribution >= 4 is 12.0 Å². The normalized spacial score (nSPS) is 11.7. The molecule has 0 aliphatic carbocycles. The Balaban J connectivity index is 2.49. The van der Waals surface area contributed by atoms with Crippen LogP contribution in [0.2, 0.25) is 0 Å². The number of nitrogens with zero attached hydrogens (tertiary/aromatic N) is 1. The summed E-state index contributed by atoms with van der Waals surface area (Å²) in [5.41, 5.74) is 0.877. The van der Waals surface area contributed by atoms with Gasteiger partial charge in [0.1, 0.15) is 12.4 Å². The Bertz CT molecular complexity index is 636. The van der Waals surface area contributed by atoms with Crippen LogP contribution >= 0.6 is 0 Å². The lowest BCUT2D eigenvalue weighted by atomic mass is 10.1. The van der Waals surface area contributed by atoms with Crippen LogP contribution in [0, 0.1) is 0 Å². The van der Waals surface area contributed by atoms with Gasteiger partial charge in [0.2, 0.25) is 0 Å². The van der Waals surface area contributed by atoms with Crippen molar-refractivity contribution in [1.82, 2.24) is 10.2 Å². The number of carboxylic acids is 1. The van der Waals surface area contributed by atoms with Crippen LogP contribution in [0.25, 0.3) is 0 Å². The molecule has 0 saturated heterocycles. The van der Waals surface area contributed by atoms with Crippen LogP contribution in [0.3, 0.4) is 0 Å². The molecule has 1 unspecified atom stereocenters. The molecule has 0 bridgehead atoms. The Kier molecular flexibility index (Phi) is 15.0. The fourth-order valence-corrected chi connectivity index (χ4v) is 3.37. The fourth-order valence-electron chi connectivity index (χ4n) is 3.37.